The van der Waals surface area contributed by atoms with Crippen LogP contribution in [0, 0.1) is 12.8 Å². The van der Waals surface area contributed by atoms with Crippen molar-refractivity contribution in [2.24, 2.45) is 5.92 Å². The molecule has 1 heterocycles. The molecule has 0 saturated carbocycles. The average Bonchev–Trinajstić information content (AvgIpc) is 2.30. The van der Waals surface area contributed by atoms with Gasteiger partial charge in [0.1, 0.15) is 0 Å². The van der Waals surface area contributed by atoms with Gasteiger partial charge in [0.15, 0.2) is 0 Å². The van der Waals surface area contributed by atoms with Crippen molar-refractivity contribution in [2.75, 3.05) is 18.5 Å². The molecule has 86 valence electrons. The van der Waals surface area contributed by atoms with Gasteiger partial charge >= 0.3 is 0 Å². The van der Waals surface area contributed by atoms with Crippen LogP contribution in [0.2, 0.25) is 0 Å². The average molecular weight is 219 g/mol. The molecule has 1 fully saturated rings. The zero-order valence-corrected chi connectivity index (χ0v) is 9.53. The van der Waals surface area contributed by atoms with E-state index < -0.39 is 0 Å². The van der Waals surface area contributed by atoms with E-state index in [9.17, 15) is 4.79 Å². The van der Waals surface area contributed by atoms with Crippen molar-refractivity contribution in [1.82, 2.24) is 0 Å². The van der Waals surface area contributed by atoms with Crippen LogP contribution in [0.15, 0.2) is 24.3 Å². The van der Waals surface area contributed by atoms with Crippen molar-refractivity contribution in [3.05, 3.63) is 29.8 Å². The molecule has 1 aliphatic rings. The van der Waals surface area contributed by atoms with Crippen LogP contribution in [0.3, 0.4) is 0 Å². The SMILES string of the molecule is Cc1cccc(NC(=O)C2CCCOC2)c1. The number of hydrogen-bond acceptors (Lipinski definition) is 2. The molecule has 2 rings (SSSR count). The van der Waals surface area contributed by atoms with Crippen LogP contribution in [0.25, 0.3) is 0 Å². The maximum absolute atomic E-state index is 11.9. The second-order valence-electron chi connectivity index (χ2n) is 4.27. The Kier molecular flexibility index (Phi) is 3.57. The molecule has 1 N–H and O–H groups in total. The summed E-state index contributed by atoms with van der Waals surface area (Å²) in [6, 6.07) is 7.85. The van der Waals surface area contributed by atoms with Crippen LogP contribution >= 0.6 is 0 Å². The van der Waals surface area contributed by atoms with Gasteiger partial charge in [-0.25, -0.2) is 0 Å². The Morgan fingerprint density at radius 1 is 1.50 bits per heavy atom. The number of carbonyl (C=O) groups excluding carboxylic acids is 1. The number of ether oxygens (including phenoxy) is 1. The van der Waals surface area contributed by atoms with Crippen molar-refractivity contribution in [3.63, 3.8) is 0 Å². The first-order chi connectivity index (χ1) is 7.75. The van der Waals surface area contributed by atoms with Gasteiger partial charge in [0.25, 0.3) is 0 Å². The predicted octanol–water partition coefficient (Wildman–Crippen LogP) is 2.36. The lowest BCUT2D eigenvalue weighted by Crippen LogP contribution is -2.30. The number of hydrogen-bond donors (Lipinski definition) is 1. The lowest BCUT2D eigenvalue weighted by atomic mass is 10.0. The molecule has 0 bridgehead atoms. The van der Waals surface area contributed by atoms with E-state index in [1.165, 1.54) is 0 Å². The molecule has 1 aliphatic heterocycles. The predicted molar refractivity (Wildman–Crippen MR) is 63.4 cm³/mol. The summed E-state index contributed by atoms with van der Waals surface area (Å²) in [5.74, 6) is 0.0829. The molecule has 0 aliphatic carbocycles. The normalized spacial score (nSPS) is 20.4. The van der Waals surface area contributed by atoms with Crippen molar-refractivity contribution in [1.29, 1.82) is 0 Å². The lowest BCUT2D eigenvalue weighted by Gasteiger charge is -2.21. The minimum absolute atomic E-state index is 0.00858. The summed E-state index contributed by atoms with van der Waals surface area (Å²) >= 11 is 0. The number of aryl methyl sites for hydroxylation is 1. The molecule has 1 amide bonds. The zero-order chi connectivity index (χ0) is 11.4. The van der Waals surface area contributed by atoms with Gasteiger partial charge in [0, 0.05) is 12.3 Å². The van der Waals surface area contributed by atoms with Gasteiger partial charge in [0.2, 0.25) is 5.91 Å². The summed E-state index contributed by atoms with van der Waals surface area (Å²) in [7, 11) is 0. The van der Waals surface area contributed by atoms with E-state index >= 15 is 0 Å². The highest BCUT2D eigenvalue weighted by Gasteiger charge is 2.21. The fraction of sp³-hybridized carbons (Fsp3) is 0.462. The third-order valence-electron chi connectivity index (χ3n) is 2.82. The molecule has 1 aromatic rings. The largest absolute Gasteiger partial charge is 0.381 e. The Labute approximate surface area is 95.8 Å². The molecule has 1 saturated heterocycles. The highest BCUT2D eigenvalue weighted by Crippen LogP contribution is 2.17. The number of carbonyl (C=O) groups is 1. The molecule has 3 nitrogen and oxygen atoms in total. The molecule has 1 unspecified atom stereocenters. The fourth-order valence-electron chi connectivity index (χ4n) is 1.91. The van der Waals surface area contributed by atoms with Crippen molar-refractivity contribution >= 4 is 11.6 Å². The quantitative estimate of drug-likeness (QED) is 0.829. The van der Waals surface area contributed by atoms with Crippen LogP contribution in [0.1, 0.15) is 18.4 Å². The fourth-order valence-corrected chi connectivity index (χ4v) is 1.91. The standard InChI is InChI=1S/C13H17NO2/c1-10-4-2-6-12(8-10)14-13(15)11-5-3-7-16-9-11/h2,4,6,8,11H,3,5,7,9H2,1H3,(H,14,15). The van der Waals surface area contributed by atoms with Gasteiger partial charge in [-0.1, -0.05) is 12.1 Å². The van der Waals surface area contributed by atoms with E-state index in [1.54, 1.807) is 0 Å². The van der Waals surface area contributed by atoms with Crippen LogP contribution in [-0.2, 0) is 9.53 Å². The Bertz CT molecular complexity index is 370. The second kappa shape index (κ2) is 5.12. The first-order valence-corrected chi connectivity index (χ1v) is 5.71. The summed E-state index contributed by atoms with van der Waals surface area (Å²) in [4.78, 5) is 11.9. The van der Waals surface area contributed by atoms with E-state index in [0.717, 1.165) is 30.7 Å². The van der Waals surface area contributed by atoms with Gasteiger partial charge in [0.05, 0.1) is 12.5 Å². The lowest BCUT2D eigenvalue weighted by molar-refractivity contribution is -0.123. The molecule has 0 aromatic heterocycles. The number of nitrogens with one attached hydrogen (secondary N) is 1. The maximum Gasteiger partial charge on any atom is 0.229 e. The summed E-state index contributed by atoms with van der Waals surface area (Å²) in [5.41, 5.74) is 2.02. The smallest absolute Gasteiger partial charge is 0.229 e. The van der Waals surface area contributed by atoms with Gasteiger partial charge in [-0.15, -0.1) is 0 Å². The van der Waals surface area contributed by atoms with E-state index in [-0.39, 0.29) is 11.8 Å². The van der Waals surface area contributed by atoms with Gasteiger partial charge in [-0.05, 0) is 37.5 Å². The minimum atomic E-state index is 0.00858. The van der Waals surface area contributed by atoms with Gasteiger partial charge in [-0.3, -0.25) is 4.79 Å². The van der Waals surface area contributed by atoms with Crippen LogP contribution in [-0.4, -0.2) is 19.1 Å². The topological polar surface area (TPSA) is 38.3 Å². The highest BCUT2D eigenvalue weighted by atomic mass is 16.5. The number of rotatable bonds is 2. The summed E-state index contributed by atoms with van der Waals surface area (Å²) < 4.78 is 5.30. The Morgan fingerprint density at radius 2 is 2.38 bits per heavy atom. The Hall–Kier alpha value is -1.35. The number of amides is 1. The number of benzene rings is 1. The molecule has 1 atom stereocenters. The Balaban J connectivity index is 1.96. The maximum atomic E-state index is 11.9. The van der Waals surface area contributed by atoms with Crippen molar-refractivity contribution < 1.29 is 9.53 Å². The van der Waals surface area contributed by atoms with Gasteiger partial charge in [-0.2, -0.15) is 0 Å². The van der Waals surface area contributed by atoms with E-state index in [2.05, 4.69) is 5.32 Å². The molecule has 0 spiro atoms. The first kappa shape index (κ1) is 11.1. The molecule has 3 heteroatoms. The molecule has 0 radical (unpaired) electrons. The third-order valence-corrected chi connectivity index (χ3v) is 2.82. The van der Waals surface area contributed by atoms with Crippen LogP contribution < -0.4 is 5.32 Å². The van der Waals surface area contributed by atoms with E-state index in [4.69, 9.17) is 4.74 Å². The molecule has 1 aromatic carbocycles. The van der Waals surface area contributed by atoms with E-state index in [0.29, 0.717) is 6.61 Å². The van der Waals surface area contributed by atoms with Crippen LogP contribution in [0.4, 0.5) is 5.69 Å². The first-order valence-electron chi connectivity index (χ1n) is 5.71. The monoisotopic (exact) mass is 219 g/mol. The Morgan fingerprint density at radius 3 is 3.06 bits per heavy atom. The minimum Gasteiger partial charge on any atom is -0.381 e. The van der Waals surface area contributed by atoms with Gasteiger partial charge < -0.3 is 10.1 Å². The van der Waals surface area contributed by atoms with Crippen LogP contribution in [0.5, 0.6) is 0 Å². The second-order valence-corrected chi connectivity index (χ2v) is 4.27. The summed E-state index contributed by atoms with van der Waals surface area (Å²) in [6.07, 6.45) is 1.91. The summed E-state index contributed by atoms with van der Waals surface area (Å²) in [6.45, 7) is 3.35. The zero-order valence-electron chi connectivity index (χ0n) is 9.53. The third kappa shape index (κ3) is 2.83. The number of anilines is 1. The molecular formula is C13H17NO2. The summed E-state index contributed by atoms with van der Waals surface area (Å²) in [5, 5.41) is 2.93. The van der Waals surface area contributed by atoms with Crippen molar-refractivity contribution in [3.8, 4) is 0 Å². The highest BCUT2D eigenvalue weighted by molar-refractivity contribution is 5.92. The van der Waals surface area contributed by atoms with E-state index in [1.807, 2.05) is 31.2 Å². The molecular weight excluding hydrogens is 202 g/mol. The van der Waals surface area contributed by atoms with Crippen molar-refractivity contribution in [2.45, 2.75) is 19.8 Å². The molecule has 16 heavy (non-hydrogen) atoms.